The molecular weight excluding hydrogens is 224 g/mol. The van der Waals surface area contributed by atoms with Crippen molar-refractivity contribution in [2.24, 2.45) is 5.92 Å². The number of ether oxygens (including phenoxy) is 1. The summed E-state index contributed by atoms with van der Waals surface area (Å²) in [6, 6.07) is 1.67. The molecule has 0 bridgehead atoms. The molecule has 0 aliphatic heterocycles. The SMILES string of the molecule is CCCc1nc(Cl)cc(OC(C)C(C)C)n1. The first-order valence-electron chi connectivity index (χ1n) is 5.73. The molecule has 0 N–H and O–H groups in total. The van der Waals surface area contributed by atoms with E-state index >= 15 is 0 Å². The highest BCUT2D eigenvalue weighted by molar-refractivity contribution is 6.29. The summed E-state index contributed by atoms with van der Waals surface area (Å²) in [4.78, 5) is 8.48. The molecule has 0 radical (unpaired) electrons. The van der Waals surface area contributed by atoms with Crippen molar-refractivity contribution in [1.29, 1.82) is 0 Å². The first-order chi connectivity index (χ1) is 7.52. The zero-order valence-electron chi connectivity index (χ0n) is 10.3. The first kappa shape index (κ1) is 13.2. The smallest absolute Gasteiger partial charge is 0.218 e. The van der Waals surface area contributed by atoms with E-state index in [2.05, 4.69) is 30.7 Å². The van der Waals surface area contributed by atoms with Crippen LogP contribution in [-0.2, 0) is 6.42 Å². The number of nitrogens with zero attached hydrogens (tertiary/aromatic N) is 2. The van der Waals surface area contributed by atoms with E-state index in [1.54, 1.807) is 6.07 Å². The van der Waals surface area contributed by atoms with Crippen LogP contribution in [-0.4, -0.2) is 16.1 Å². The minimum atomic E-state index is 0.125. The molecule has 4 heteroatoms. The van der Waals surface area contributed by atoms with Gasteiger partial charge in [0.05, 0.1) is 6.10 Å². The quantitative estimate of drug-likeness (QED) is 0.742. The number of rotatable bonds is 5. The minimum absolute atomic E-state index is 0.125. The Morgan fingerprint density at radius 3 is 2.56 bits per heavy atom. The fraction of sp³-hybridized carbons (Fsp3) is 0.667. The second kappa shape index (κ2) is 6.04. The second-order valence-electron chi connectivity index (χ2n) is 4.26. The summed E-state index contributed by atoms with van der Waals surface area (Å²) >= 11 is 5.92. The van der Waals surface area contributed by atoms with Crippen LogP contribution in [0.1, 0.15) is 39.9 Å². The van der Waals surface area contributed by atoms with Crippen LogP contribution in [0.5, 0.6) is 5.88 Å². The lowest BCUT2D eigenvalue weighted by atomic mass is 10.1. The van der Waals surface area contributed by atoms with E-state index in [1.165, 1.54) is 0 Å². The Labute approximate surface area is 102 Å². The van der Waals surface area contributed by atoms with E-state index in [0.717, 1.165) is 18.7 Å². The fourth-order valence-corrected chi connectivity index (χ4v) is 1.36. The molecule has 0 spiro atoms. The number of hydrogen-bond acceptors (Lipinski definition) is 3. The molecule has 0 saturated carbocycles. The molecule has 1 aromatic heterocycles. The standard InChI is InChI=1S/C12H19ClN2O/c1-5-6-11-14-10(13)7-12(15-11)16-9(4)8(2)3/h7-9H,5-6H2,1-4H3. The van der Waals surface area contributed by atoms with E-state index in [0.29, 0.717) is 17.0 Å². The number of aryl methyl sites for hydroxylation is 1. The van der Waals surface area contributed by atoms with E-state index < -0.39 is 0 Å². The van der Waals surface area contributed by atoms with E-state index in [4.69, 9.17) is 16.3 Å². The summed E-state index contributed by atoms with van der Waals surface area (Å²) < 4.78 is 5.71. The molecule has 1 atom stereocenters. The predicted octanol–water partition coefficient (Wildman–Crippen LogP) is 3.51. The van der Waals surface area contributed by atoms with Crippen LogP contribution in [0.2, 0.25) is 5.15 Å². The van der Waals surface area contributed by atoms with Gasteiger partial charge in [0.25, 0.3) is 0 Å². The molecule has 1 aromatic rings. The van der Waals surface area contributed by atoms with Crippen molar-refractivity contribution >= 4 is 11.6 Å². The van der Waals surface area contributed by atoms with Gasteiger partial charge in [0.15, 0.2) is 0 Å². The topological polar surface area (TPSA) is 35.0 Å². The normalized spacial score (nSPS) is 12.9. The highest BCUT2D eigenvalue weighted by Crippen LogP contribution is 2.17. The third-order valence-electron chi connectivity index (χ3n) is 2.44. The molecule has 1 rings (SSSR count). The van der Waals surface area contributed by atoms with Crippen LogP contribution in [0, 0.1) is 5.92 Å². The Kier molecular flexibility index (Phi) is 5.00. The van der Waals surface area contributed by atoms with Gasteiger partial charge in [-0.1, -0.05) is 32.4 Å². The summed E-state index contributed by atoms with van der Waals surface area (Å²) in [7, 11) is 0. The highest BCUT2D eigenvalue weighted by atomic mass is 35.5. The molecule has 1 heterocycles. The maximum atomic E-state index is 5.92. The lowest BCUT2D eigenvalue weighted by Crippen LogP contribution is -2.19. The fourth-order valence-electron chi connectivity index (χ4n) is 1.16. The van der Waals surface area contributed by atoms with Gasteiger partial charge in [-0.25, -0.2) is 4.98 Å². The largest absolute Gasteiger partial charge is 0.474 e. The van der Waals surface area contributed by atoms with Crippen LogP contribution in [0.25, 0.3) is 0 Å². The summed E-state index contributed by atoms with van der Waals surface area (Å²) in [5.41, 5.74) is 0. The molecule has 16 heavy (non-hydrogen) atoms. The maximum absolute atomic E-state index is 5.92. The summed E-state index contributed by atoms with van der Waals surface area (Å²) in [6.07, 6.45) is 1.95. The van der Waals surface area contributed by atoms with Gasteiger partial charge in [-0.2, -0.15) is 4.98 Å². The maximum Gasteiger partial charge on any atom is 0.218 e. The first-order valence-corrected chi connectivity index (χ1v) is 6.10. The van der Waals surface area contributed by atoms with Crippen molar-refractivity contribution in [2.75, 3.05) is 0 Å². The van der Waals surface area contributed by atoms with Gasteiger partial charge in [-0.05, 0) is 19.3 Å². The average Bonchev–Trinajstić information content (AvgIpc) is 2.16. The van der Waals surface area contributed by atoms with E-state index in [9.17, 15) is 0 Å². The number of hydrogen-bond donors (Lipinski definition) is 0. The lowest BCUT2D eigenvalue weighted by Gasteiger charge is -2.17. The van der Waals surface area contributed by atoms with Gasteiger partial charge in [-0.15, -0.1) is 0 Å². The lowest BCUT2D eigenvalue weighted by molar-refractivity contribution is 0.162. The van der Waals surface area contributed by atoms with Crippen LogP contribution in [0.15, 0.2) is 6.07 Å². The van der Waals surface area contributed by atoms with Crippen LogP contribution >= 0.6 is 11.6 Å². The third-order valence-corrected chi connectivity index (χ3v) is 2.63. The monoisotopic (exact) mass is 242 g/mol. The third kappa shape index (κ3) is 3.97. The summed E-state index contributed by atoms with van der Waals surface area (Å²) in [5.74, 6) is 1.77. The molecule has 0 aliphatic rings. The van der Waals surface area contributed by atoms with Crippen LogP contribution in [0.3, 0.4) is 0 Å². The predicted molar refractivity (Wildman–Crippen MR) is 66.0 cm³/mol. The van der Waals surface area contributed by atoms with Crippen molar-refractivity contribution in [1.82, 2.24) is 9.97 Å². The molecule has 0 aliphatic carbocycles. The van der Waals surface area contributed by atoms with Crippen LogP contribution in [0.4, 0.5) is 0 Å². The van der Waals surface area contributed by atoms with Crippen molar-refractivity contribution in [3.63, 3.8) is 0 Å². The van der Waals surface area contributed by atoms with Gasteiger partial charge >= 0.3 is 0 Å². The van der Waals surface area contributed by atoms with Gasteiger partial charge in [0, 0.05) is 12.5 Å². The van der Waals surface area contributed by atoms with Gasteiger partial charge in [0.1, 0.15) is 11.0 Å². The molecule has 90 valence electrons. The zero-order valence-corrected chi connectivity index (χ0v) is 11.1. The van der Waals surface area contributed by atoms with E-state index in [-0.39, 0.29) is 6.10 Å². The number of aromatic nitrogens is 2. The minimum Gasteiger partial charge on any atom is -0.474 e. The Balaban J connectivity index is 2.79. The molecule has 0 aromatic carbocycles. The Bertz CT molecular complexity index is 342. The molecule has 0 saturated heterocycles. The van der Waals surface area contributed by atoms with Gasteiger partial charge in [-0.3, -0.25) is 0 Å². The summed E-state index contributed by atoms with van der Waals surface area (Å²) in [6.45, 7) is 8.34. The van der Waals surface area contributed by atoms with Crippen LogP contribution < -0.4 is 4.74 Å². The van der Waals surface area contributed by atoms with Crippen molar-refractivity contribution < 1.29 is 4.74 Å². The Morgan fingerprint density at radius 2 is 2.00 bits per heavy atom. The molecule has 1 unspecified atom stereocenters. The highest BCUT2D eigenvalue weighted by Gasteiger charge is 2.11. The van der Waals surface area contributed by atoms with Gasteiger partial charge in [0.2, 0.25) is 5.88 Å². The zero-order chi connectivity index (χ0) is 12.1. The molecular formula is C12H19ClN2O. The van der Waals surface area contributed by atoms with E-state index in [1.807, 2.05) is 6.92 Å². The van der Waals surface area contributed by atoms with Crippen molar-refractivity contribution in [2.45, 2.75) is 46.6 Å². The number of halogens is 1. The Morgan fingerprint density at radius 1 is 1.31 bits per heavy atom. The molecule has 0 amide bonds. The second-order valence-corrected chi connectivity index (χ2v) is 4.65. The summed E-state index contributed by atoms with van der Waals surface area (Å²) in [5, 5.41) is 0.449. The molecule has 0 fully saturated rings. The average molecular weight is 243 g/mol. The van der Waals surface area contributed by atoms with Gasteiger partial charge < -0.3 is 4.74 Å². The van der Waals surface area contributed by atoms with Crippen molar-refractivity contribution in [3.8, 4) is 5.88 Å². The Hall–Kier alpha value is -0.830. The van der Waals surface area contributed by atoms with Crippen molar-refractivity contribution in [3.05, 3.63) is 17.0 Å². The molecule has 3 nitrogen and oxygen atoms in total.